The van der Waals surface area contributed by atoms with Crippen molar-refractivity contribution >= 4 is 35.2 Å². The number of carbonyl (C=O) groups excluding carboxylic acids is 2. The van der Waals surface area contributed by atoms with Crippen LogP contribution in [0, 0.1) is 0 Å². The Labute approximate surface area is 162 Å². The van der Waals surface area contributed by atoms with Crippen molar-refractivity contribution in [3.8, 4) is 11.5 Å². The molecule has 1 atom stereocenters. The van der Waals surface area contributed by atoms with Gasteiger partial charge in [-0.05, 0) is 43.3 Å². The lowest BCUT2D eigenvalue weighted by Crippen LogP contribution is -2.29. The van der Waals surface area contributed by atoms with Gasteiger partial charge in [0.15, 0.2) is 6.10 Å². The zero-order chi connectivity index (χ0) is 19.8. The zero-order valence-electron chi connectivity index (χ0n) is 15.2. The highest BCUT2D eigenvalue weighted by atomic mass is 35.5. The number of esters is 1. The molecule has 0 aliphatic rings. The van der Waals surface area contributed by atoms with E-state index in [2.05, 4.69) is 5.32 Å². The van der Waals surface area contributed by atoms with E-state index in [1.807, 2.05) is 0 Å². The molecule has 27 heavy (non-hydrogen) atoms. The van der Waals surface area contributed by atoms with Crippen molar-refractivity contribution in [3.63, 3.8) is 0 Å². The van der Waals surface area contributed by atoms with E-state index in [0.717, 1.165) is 0 Å². The van der Waals surface area contributed by atoms with E-state index in [4.69, 9.17) is 25.8 Å². The molecule has 0 spiro atoms. The van der Waals surface area contributed by atoms with Crippen LogP contribution in [0.2, 0.25) is 5.02 Å². The summed E-state index contributed by atoms with van der Waals surface area (Å²) < 4.78 is 15.5. The molecular weight excluding hydrogens is 370 g/mol. The topological polar surface area (TPSA) is 73.9 Å². The predicted octanol–water partition coefficient (Wildman–Crippen LogP) is 3.94. The summed E-state index contributed by atoms with van der Waals surface area (Å²) in [4.78, 5) is 24.1. The van der Waals surface area contributed by atoms with Crippen LogP contribution in [0.15, 0.2) is 48.5 Å². The largest absolute Gasteiger partial charge is 0.497 e. The van der Waals surface area contributed by atoms with Gasteiger partial charge in [0.05, 0.1) is 14.2 Å². The minimum absolute atomic E-state index is 0.457. The first-order valence-electron chi connectivity index (χ1n) is 8.10. The average Bonchev–Trinajstić information content (AvgIpc) is 2.66. The maximum absolute atomic E-state index is 12.1. The lowest BCUT2D eigenvalue weighted by molar-refractivity contribution is -0.148. The van der Waals surface area contributed by atoms with Crippen LogP contribution in [0.25, 0.3) is 6.08 Å². The molecule has 0 unspecified atom stereocenters. The summed E-state index contributed by atoms with van der Waals surface area (Å²) in [6.45, 7) is 1.49. The smallest absolute Gasteiger partial charge is 0.331 e. The predicted molar refractivity (Wildman–Crippen MR) is 104 cm³/mol. The Morgan fingerprint density at radius 2 is 1.89 bits per heavy atom. The highest BCUT2D eigenvalue weighted by Gasteiger charge is 2.17. The molecule has 0 radical (unpaired) electrons. The van der Waals surface area contributed by atoms with Gasteiger partial charge in [0.25, 0.3) is 5.91 Å². The molecule has 0 aromatic heterocycles. The quantitative estimate of drug-likeness (QED) is 0.573. The van der Waals surface area contributed by atoms with Crippen LogP contribution in [0.1, 0.15) is 12.5 Å². The third-order valence-corrected chi connectivity index (χ3v) is 3.83. The van der Waals surface area contributed by atoms with Crippen molar-refractivity contribution in [2.24, 2.45) is 0 Å². The summed E-state index contributed by atoms with van der Waals surface area (Å²) in [5.41, 5.74) is 1.19. The Morgan fingerprint density at radius 3 is 2.56 bits per heavy atom. The van der Waals surface area contributed by atoms with E-state index in [1.165, 1.54) is 20.1 Å². The molecule has 0 saturated heterocycles. The Balaban J connectivity index is 1.96. The third-order valence-electron chi connectivity index (χ3n) is 3.59. The zero-order valence-corrected chi connectivity index (χ0v) is 15.9. The van der Waals surface area contributed by atoms with E-state index in [1.54, 1.807) is 55.7 Å². The van der Waals surface area contributed by atoms with Gasteiger partial charge in [-0.2, -0.15) is 0 Å². The summed E-state index contributed by atoms with van der Waals surface area (Å²) in [5, 5.41) is 3.13. The maximum Gasteiger partial charge on any atom is 0.331 e. The van der Waals surface area contributed by atoms with E-state index in [9.17, 15) is 9.59 Å². The van der Waals surface area contributed by atoms with Gasteiger partial charge in [-0.1, -0.05) is 17.7 Å². The fourth-order valence-corrected chi connectivity index (χ4v) is 2.38. The molecule has 2 aromatic rings. The molecule has 0 aliphatic heterocycles. The lowest BCUT2D eigenvalue weighted by atomic mass is 10.1. The van der Waals surface area contributed by atoms with Gasteiger partial charge in [0.2, 0.25) is 0 Å². The molecule has 0 saturated carbocycles. The van der Waals surface area contributed by atoms with Crippen molar-refractivity contribution < 1.29 is 23.8 Å². The molecule has 0 fully saturated rings. The number of rotatable bonds is 7. The Morgan fingerprint density at radius 1 is 1.11 bits per heavy atom. The van der Waals surface area contributed by atoms with Crippen LogP contribution in [0.3, 0.4) is 0 Å². The first-order chi connectivity index (χ1) is 12.9. The Hall–Kier alpha value is -2.99. The maximum atomic E-state index is 12.1. The standard InChI is InChI=1S/C20H20ClNO5/c1-13(20(24)22-16-6-4-5-15(21)11-16)27-19(23)10-8-14-7-9-17(25-2)12-18(14)26-3/h4-13H,1-3H3,(H,22,24)/b10-8+/t13-/m0/s1. The SMILES string of the molecule is COc1ccc(/C=C/C(=O)O[C@@H](C)C(=O)Nc2cccc(Cl)c2)c(OC)c1. The van der Waals surface area contributed by atoms with Crippen LogP contribution >= 0.6 is 11.6 Å². The Bertz CT molecular complexity index is 850. The van der Waals surface area contributed by atoms with E-state index < -0.39 is 18.0 Å². The number of ether oxygens (including phenoxy) is 3. The monoisotopic (exact) mass is 389 g/mol. The van der Waals surface area contributed by atoms with Crippen molar-refractivity contribution in [2.45, 2.75) is 13.0 Å². The van der Waals surface area contributed by atoms with Gasteiger partial charge in [-0.25, -0.2) is 4.79 Å². The summed E-state index contributed by atoms with van der Waals surface area (Å²) in [6, 6.07) is 11.9. The number of nitrogens with one attached hydrogen (secondary N) is 1. The lowest BCUT2D eigenvalue weighted by Gasteiger charge is -2.12. The molecule has 7 heteroatoms. The van der Waals surface area contributed by atoms with Crippen molar-refractivity contribution in [1.29, 1.82) is 0 Å². The fourth-order valence-electron chi connectivity index (χ4n) is 2.19. The first-order valence-corrected chi connectivity index (χ1v) is 8.48. The number of benzene rings is 2. The number of amides is 1. The molecule has 6 nitrogen and oxygen atoms in total. The summed E-state index contributed by atoms with van der Waals surface area (Å²) in [5.74, 6) is 0.0747. The molecule has 2 aromatic carbocycles. The van der Waals surface area contributed by atoms with Crippen LogP contribution in [0.4, 0.5) is 5.69 Å². The van der Waals surface area contributed by atoms with Crippen LogP contribution < -0.4 is 14.8 Å². The normalized spacial score (nSPS) is 11.7. The highest BCUT2D eigenvalue weighted by molar-refractivity contribution is 6.30. The van der Waals surface area contributed by atoms with Gasteiger partial charge >= 0.3 is 5.97 Å². The number of anilines is 1. The second-order valence-electron chi connectivity index (χ2n) is 5.52. The van der Waals surface area contributed by atoms with Gasteiger partial charge < -0.3 is 19.5 Å². The van der Waals surface area contributed by atoms with Crippen LogP contribution in [-0.2, 0) is 14.3 Å². The molecule has 1 amide bonds. The van der Waals surface area contributed by atoms with E-state index >= 15 is 0 Å². The Kier molecular flexibility index (Phi) is 7.25. The summed E-state index contributed by atoms with van der Waals surface area (Å²) >= 11 is 5.87. The number of carbonyl (C=O) groups is 2. The fraction of sp³-hybridized carbons (Fsp3) is 0.200. The second kappa shape index (κ2) is 9.64. The van der Waals surface area contributed by atoms with Gasteiger partial charge in [-0.15, -0.1) is 0 Å². The molecule has 2 rings (SSSR count). The molecule has 0 bridgehead atoms. The first kappa shape index (κ1) is 20.3. The number of hydrogen-bond acceptors (Lipinski definition) is 5. The van der Waals surface area contributed by atoms with Crippen LogP contribution in [-0.4, -0.2) is 32.2 Å². The minimum atomic E-state index is -0.973. The number of methoxy groups -OCH3 is 2. The van der Waals surface area contributed by atoms with Crippen molar-refractivity contribution in [2.75, 3.05) is 19.5 Å². The highest BCUT2D eigenvalue weighted by Crippen LogP contribution is 2.25. The van der Waals surface area contributed by atoms with Gasteiger partial charge in [0, 0.05) is 28.4 Å². The van der Waals surface area contributed by atoms with E-state index in [0.29, 0.717) is 27.8 Å². The number of halogens is 1. The van der Waals surface area contributed by atoms with E-state index in [-0.39, 0.29) is 0 Å². The van der Waals surface area contributed by atoms with Crippen LogP contribution in [0.5, 0.6) is 11.5 Å². The molecule has 0 heterocycles. The van der Waals surface area contributed by atoms with Crippen molar-refractivity contribution in [1.82, 2.24) is 0 Å². The van der Waals surface area contributed by atoms with Crippen molar-refractivity contribution in [3.05, 3.63) is 59.1 Å². The molecule has 1 N–H and O–H groups in total. The van der Waals surface area contributed by atoms with Gasteiger partial charge in [0.1, 0.15) is 11.5 Å². The molecular formula is C20H20ClNO5. The van der Waals surface area contributed by atoms with Gasteiger partial charge in [-0.3, -0.25) is 4.79 Å². The third kappa shape index (κ3) is 6.04. The summed E-state index contributed by atoms with van der Waals surface area (Å²) in [6.07, 6.45) is 1.80. The minimum Gasteiger partial charge on any atom is -0.497 e. The molecule has 0 aliphatic carbocycles. The second-order valence-corrected chi connectivity index (χ2v) is 5.96. The number of hydrogen-bond donors (Lipinski definition) is 1. The molecule has 142 valence electrons. The summed E-state index contributed by atoms with van der Waals surface area (Å²) in [7, 11) is 3.07. The average molecular weight is 390 g/mol.